The molecule has 1 aliphatic rings. The number of thioether (sulfide) groups is 1. The van der Waals surface area contributed by atoms with Gasteiger partial charge >= 0.3 is 0 Å². The van der Waals surface area contributed by atoms with Crippen LogP contribution < -0.4 is 11.1 Å². The zero-order valence-electron chi connectivity index (χ0n) is 11.4. The first kappa shape index (κ1) is 14.0. The number of benzene rings is 1. The van der Waals surface area contributed by atoms with E-state index in [4.69, 9.17) is 17.3 Å². The predicted octanol–water partition coefficient (Wildman–Crippen LogP) is 3.52. The fourth-order valence-corrected chi connectivity index (χ4v) is 4.34. The number of fused-ring (bicyclic) bond motifs is 1. The van der Waals surface area contributed by atoms with Crippen LogP contribution in [0.25, 0.3) is 10.9 Å². The number of anilines is 1. The van der Waals surface area contributed by atoms with Gasteiger partial charge in [0, 0.05) is 29.1 Å². The van der Waals surface area contributed by atoms with Crippen LogP contribution in [0.3, 0.4) is 0 Å². The molecule has 2 unspecified atom stereocenters. The summed E-state index contributed by atoms with van der Waals surface area (Å²) >= 11 is 8.21. The second kappa shape index (κ2) is 5.43. The van der Waals surface area contributed by atoms with E-state index < -0.39 is 0 Å². The summed E-state index contributed by atoms with van der Waals surface area (Å²) in [6, 6.07) is 7.83. The van der Waals surface area contributed by atoms with E-state index in [0.29, 0.717) is 11.8 Å². The lowest BCUT2D eigenvalue weighted by atomic mass is 9.95. The summed E-state index contributed by atoms with van der Waals surface area (Å²) in [6.45, 7) is 2.88. The zero-order valence-corrected chi connectivity index (χ0v) is 13.0. The van der Waals surface area contributed by atoms with Crippen LogP contribution >= 0.6 is 23.4 Å². The molecule has 1 saturated heterocycles. The lowest BCUT2D eigenvalue weighted by molar-refractivity contribution is 0.514. The van der Waals surface area contributed by atoms with Gasteiger partial charge in [-0.3, -0.25) is 4.98 Å². The van der Waals surface area contributed by atoms with Crippen molar-refractivity contribution in [3.63, 3.8) is 0 Å². The summed E-state index contributed by atoms with van der Waals surface area (Å²) in [4.78, 5) is 4.47. The average molecular weight is 308 g/mol. The van der Waals surface area contributed by atoms with Crippen molar-refractivity contribution in [2.24, 2.45) is 5.73 Å². The largest absolute Gasteiger partial charge is 0.376 e. The summed E-state index contributed by atoms with van der Waals surface area (Å²) in [5.74, 6) is 1.03. The summed E-state index contributed by atoms with van der Waals surface area (Å²) in [5, 5.41) is 5.98. The number of hydrogen-bond donors (Lipinski definition) is 2. The monoisotopic (exact) mass is 307 g/mol. The minimum atomic E-state index is -0.0393. The lowest BCUT2D eigenvalue weighted by Crippen LogP contribution is -2.46. The molecule has 0 bridgehead atoms. The minimum absolute atomic E-state index is 0.0393. The first-order valence-corrected chi connectivity index (χ1v) is 8.19. The summed E-state index contributed by atoms with van der Waals surface area (Å²) in [7, 11) is 0. The van der Waals surface area contributed by atoms with Crippen LogP contribution in [0.5, 0.6) is 0 Å². The molecule has 1 aromatic carbocycles. The second-order valence-electron chi connectivity index (χ2n) is 5.43. The van der Waals surface area contributed by atoms with E-state index in [-0.39, 0.29) is 5.54 Å². The van der Waals surface area contributed by atoms with Gasteiger partial charge in [0.1, 0.15) is 0 Å². The average Bonchev–Trinajstić information content (AvgIpc) is 2.84. The van der Waals surface area contributed by atoms with E-state index >= 15 is 0 Å². The van der Waals surface area contributed by atoms with Gasteiger partial charge in [0.25, 0.3) is 0 Å². The molecule has 3 rings (SSSR count). The Morgan fingerprint density at radius 1 is 1.50 bits per heavy atom. The van der Waals surface area contributed by atoms with E-state index in [1.807, 2.05) is 36.0 Å². The molecule has 106 valence electrons. The van der Waals surface area contributed by atoms with Crippen LogP contribution in [0.15, 0.2) is 30.5 Å². The Morgan fingerprint density at radius 3 is 3.05 bits per heavy atom. The summed E-state index contributed by atoms with van der Waals surface area (Å²) < 4.78 is 0. The number of pyridine rings is 1. The standard InChI is InChI=1S/C15H18ClN3S/c1-10-7-15(8-17,9-20-10)19-13-5-4-12(16)11-3-2-6-18-14(11)13/h2-6,10,19H,7-9,17H2,1H3. The zero-order chi connectivity index (χ0) is 14.2. The highest BCUT2D eigenvalue weighted by atomic mass is 35.5. The number of aromatic nitrogens is 1. The molecule has 3 nitrogen and oxygen atoms in total. The molecule has 2 atom stereocenters. The Labute approximate surface area is 128 Å². The molecule has 2 aromatic rings. The first-order valence-electron chi connectivity index (χ1n) is 6.77. The van der Waals surface area contributed by atoms with E-state index in [9.17, 15) is 0 Å². The fourth-order valence-electron chi connectivity index (χ4n) is 2.77. The molecule has 1 fully saturated rings. The molecule has 0 saturated carbocycles. The van der Waals surface area contributed by atoms with Crippen LogP contribution in [0.1, 0.15) is 13.3 Å². The van der Waals surface area contributed by atoms with Gasteiger partial charge in [0.15, 0.2) is 0 Å². The van der Waals surface area contributed by atoms with Gasteiger partial charge in [-0.15, -0.1) is 0 Å². The van der Waals surface area contributed by atoms with Crippen LogP contribution in [0.4, 0.5) is 5.69 Å². The third kappa shape index (κ3) is 2.48. The van der Waals surface area contributed by atoms with E-state index in [1.54, 1.807) is 6.20 Å². The molecular formula is C15H18ClN3S. The van der Waals surface area contributed by atoms with Crippen molar-refractivity contribution in [1.82, 2.24) is 4.98 Å². The second-order valence-corrected chi connectivity index (χ2v) is 7.26. The smallest absolute Gasteiger partial charge is 0.0948 e. The molecule has 0 radical (unpaired) electrons. The highest BCUT2D eigenvalue weighted by molar-refractivity contribution is 8.00. The predicted molar refractivity (Wildman–Crippen MR) is 88.7 cm³/mol. The molecule has 5 heteroatoms. The Kier molecular flexibility index (Phi) is 3.80. The van der Waals surface area contributed by atoms with Gasteiger partial charge in [-0.25, -0.2) is 0 Å². The SMILES string of the molecule is CC1CC(CN)(Nc2ccc(Cl)c3cccnc23)CS1. The van der Waals surface area contributed by atoms with Crippen molar-refractivity contribution in [1.29, 1.82) is 0 Å². The molecule has 1 aliphatic heterocycles. The third-order valence-corrected chi connectivity index (χ3v) is 5.61. The molecule has 0 aliphatic carbocycles. The number of nitrogens with two attached hydrogens (primary N) is 1. The number of hydrogen-bond acceptors (Lipinski definition) is 4. The molecular weight excluding hydrogens is 290 g/mol. The molecule has 3 N–H and O–H groups in total. The number of nitrogens with one attached hydrogen (secondary N) is 1. The summed E-state index contributed by atoms with van der Waals surface area (Å²) in [5.41, 5.74) is 7.92. The van der Waals surface area contributed by atoms with Crippen molar-refractivity contribution in [3.8, 4) is 0 Å². The molecule has 0 amide bonds. The van der Waals surface area contributed by atoms with Gasteiger partial charge < -0.3 is 11.1 Å². The third-order valence-electron chi connectivity index (χ3n) is 3.83. The van der Waals surface area contributed by atoms with Crippen molar-refractivity contribution < 1.29 is 0 Å². The molecule has 0 spiro atoms. The minimum Gasteiger partial charge on any atom is -0.376 e. The number of nitrogens with zero attached hydrogens (tertiary/aromatic N) is 1. The fraction of sp³-hybridized carbons (Fsp3) is 0.400. The van der Waals surface area contributed by atoms with Gasteiger partial charge in [-0.2, -0.15) is 11.8 Å². The van der Waals surface area contributed by atoms with Gasteiger partial charge in [-0.05, 0) is 30.7 Å². The van der Waals surface area contributed by atoms with Crippen molar-refractivity contribution >= 4 is 40.0 Å². The first-order chi connectivity index (χ1) is 9.63. The molecule has 2 heterocycles. The van der Waals surface area contributed by atoms with Crippen LogP contribution in [0.2, 0.25) is 5.02 Å². The lowest BCUT2D eigenvalue weighted by Gasteiger charge is -2.30. The molecule has 1 aromatic heterocycles. The highest BCUT2D eigenvalue weighted by Crippen LogP contribution is 2.38. The van der Waals surface area contributed by atoms with Crippen LogP contribution in [0, 0.1) is 0 Å². The maximum atomic E-state index is 6.24. The van der Waals surface area contributed by atoms with Crippen LogP contribution in [-0.2, 0) is 0 Å². The van der Waals surface area contributed by atoms with Gasteiger partial charge in [-0.1, -0.05) is 18.5 Å². The van der Waals surface area contributed by atoms with E-state index in [0.717, 1.165) is 33.8 Å². The maximum Gasteiger partial charge on any atom is 0.0948 e. The summed E-state index contributed by atoms with van der Waals surface area (Å²) in [6.07, 6.45) is 2.87. The topological polar surface area (TPSA) is 50.9 Å². The Morgan fingerprint density at radius 2 is 2.35 bits per heavy atom. The van der Waals surface area contributed by atoms with Crippen molar-refractivity contribution in [2.45, 2.75) is 24.1 Å². The normalized spacial score (nSPS) is 26.1. The van der Waals surface area contributed by atoms with Gasteiger partial charge in [0.05, 0.1) is 21.8 Å². The number of rotatable bonds is 3. The van der Waals surface area contributed by atoms with E-state index in [1.165, 1.54) is 0 Å². The maximum absolute atomic E-state index is 6.24. The quantitative estimate of drug-likeness (QED) is 0.911. The van der Waals surface area contributed by atoms with Crippen molar-refractivity contribution in [2.75, 3.05) is 17.6 Å². The van der Waals surface area contributed by atoms with E-state index in [2.05, 4.69) is 17.2 Å². The Bertz CT molecular complexity index is 634. The molecule has 20 heavy (non-hydrogen) atoms. The van der Waals surface area contributed by atoms with Crippen molar-refractivity contribution in [3.05, 3.63) is 35.5 Å². The number of halogens is 1. The van der Waals surface area contributed by atoms with Gasteiger partial charge in [0.2, 0.25) is 0 Å². The Balaban J connectivity index is 2.01. The Hall–Kier alpha value is -0.970. The highest BCUT2D eigenvalue weighted by Gasteiger charge is 2.37. The van der Waals surface area contributed by atoms with Crippen LogP contribution in [-0.4, -0.2) is 28.1 Å².